The third-order valence-electron chi connectivity index (χ3n) is 4.83. The molecule has 4 amide bonds. The Bertz CT molecular complexity index is 990. The second kappa shape index (κ2) is 10.2. The number of nitrogens with zero attached hydrogens (tertiary/aromatic N) is 3. The number of unbranched alkanes of at least 4 members (excludes halogenated alkanes) is 2. The molecule has 1 aliphatic rings. The molecule has 0 saturated carbocycles. The van der Waals surface area contributed by atoms with Crippen LogP contribution in [-0.4, -0.2) is 51.1 Å². The van der Waals surface area contributed by atoms with E-state index in [-0.39, 0.29) is 29.9 Å². The Kier molecular flexibility index (Phi) is 7.45. The number of amides is 4. The van der Waals surface area contributed by atoms with Crippen molar-refractivity contribution < 1.29 is 14.4 Å². The fourth-order valence-electron chi connectivity index (χ4n) is 3.27. The molecule has 10 heteroatoms. The van der Waals surface area contributed by atoms with Crippen LogP contribution in [0.25, 0.3) is 10.9 Å². The largest absolute Gasteiger partial charge is 0.370 e. The molecule has 0 unspecified atom stereocenters. The number of imide groups is 1. The second-order valence-corrected chi connectivity index (χ2v) is 8.11. The van der Waals surface area contributed by atoms with Gasteiger partial charge in [-0.2, -0.15) is 0 Å². The van der Waals surface area contributed by atoms with Gasteiger partial charge in [0.15, 0.2) is 5.16 Å². The fourth-order valence-corrected chi connectivity index (χ4v) is 4.22. The zero-order valence-corrected chi connectivity index (χ0v) is 17.5. The highest BCUT2D eigenvalue weighted by molar-refractivity contribution is 7.99. The topological polar surface area (TPSA) is 127 Å². The van der Waals surface area contributed by atoms with Gasteiger partial charge in [-0.25, -0.2) is 9.78 Å². The highest BCUT2D eigenvalue weighted by Gasteiger charge is 2.27. The lowest BCUT2D eigenvalue weighted by Crippen LogP contribution is -2.32. The van der Waals surface area contributed by atoms with Crippen molar-refractivity contribution >= 4 is 40.5 Å². The number of aromatic nitrogens is 2. The summed E-state index contributed by atoms with van der Waals surface area (Å²) in [6.07, 6.45) is 3.17. The molecule has 0 radical (unpaired) electrons. The number of nitrogens with one attached hydrogen (secondary N) is 1. The molecule has 1 fully saturated rings. The minimum Gasteiger partial charge on any atom is -0.370 e. The first-order valence-electron chi connectivity index (χ1n) is 9.96. The Balaban J connectivity index is 1.66. The van der Waals surface area contributed by atoms with Gasteiger partial charge in [-0.15, -0.1) is 0 Å². The zero-order chi connectivity index (χ0) is 21.5. The molecule has 3 N–H and O–H groups in total. The van der Waals surface area contributed by atoms with Crippen LogP contribution in [0.4, 0.5) is 4.79 Å². The van der Waals surface area contributed by atoms with Crippen LogP contribution in [-0.2, 0) is 16.1 Å². The maximum atomic E-state index is 13.0. The minimum atomic E-state index is -0.360. The van der Waals surface area contributed by atoms with Crippen LogP contribution in [0.2, 0.25) is 0 Å². The Morgan fingerprint density at radius 1 is 1.10 bits per heavy atom. The van der Waals surface area contributed by atoms with E-state index < -0.39 is 0 Å². The number of fused-ring (bicyclic) bond motifs is 1. The summed E-state index contributed by atoms with van der Waals surface area (Å²) >= 11 is 1.44. The molecule has 1 aromatic heterocycles. The summed E-state index contributed by atoms with van der Waals surface area (Å²) in [5.74, 6) is 0.0754. The predicted molar refractivity (Wildman–Crippen MR) is 114 cm³/mol. The molecule has 1 saturated heterocycles. The van der Waals surface area contributed by atoms with Crippen molar-refractivity contribution in [2.75, 3.05) is 18.8 Å². The number of nitrogens with two attached hydrogens (primary N) is 1. The number of primary amides is 1. The average molecular weight is 432 g/mol. The van der Waals surface area contributed by atoms with Crippen LogP contribution in [0.3, 0.4) is 0 Å². The van der Waals surface area contributed by atoms with Gasteiger partial charge in [-0.05, 0) is 31.4 Å². The number of hydrogen-bond acceptors (Lipinski definition) is 6. The van der Waals surface area contributed by atoms with Crippen molar-refractivity contribution in [1.82, 2.24) is 19.8 Å². The number of carbonyl (C=O) groups excluding carboxylic acids is 3. The highest BCUT2D eigenvalue weighted by Crippen LogP contribution is 2.20. The van der Waals surface area contributed by atoms with Crippen LogP contribution < -0.4 is 16.6 Å². The molecule has 9 nitrogen and oxygen atoms in total. The molecule has 2 aromatic rings. The van der Waals surface area contributed by atoms with Gasteiger partial charge in [0.05, 0.1) is 17.4 Å². The van der Waals surface area contributed by atoms with Crippen molar-refractivity contribution in [2.45, 2.75) is 43.8 Å². The molecule has 1 aliphatic heterocycles. The number of rotatable bonds is 11. The summed E-state index contributed by atoms with van der Waals surface area (Å²) < 4.78 is 1.67. The van der Waals surface area contributed by atoms with Gasteiger partial charge in [-0.1, -0.05) is 30.3 Å². The lowest BCUT2D eigenvalue weighted by Gasteiger charge is -2.14. The third-order valence-corrected chi connectivity index (χ3v) is 5.89. The number of carbonyl (C=O) groups is 3. The van der Waals surface area contributed by atoms with Gasteiger partial charge < -0.3 is 11.1 Å². The predicted octanol–water partition coefficient (Wildman–Crippen LogP) is 1.48. The zero-order valence-electron chi connectivity index (χ0n) is 16.6. The molecule has 2 heterocycles. The fraction of sp³-hybridized carbons (Fsp3) is 0.450. The van der Waals surface area contributed by atoms with Gasteiger partial charge in [-0.3, -0.25) is 23.9 Å². The molecule has 160 valence electrons. The molecule has 30 heavy (non-hydrogen) atoms. The van der Waals surface area contributed by atoms with Crippen molar-refractivity contribution in [2.24, 2.45) is 5.73 Å². The second-order valence-electron chi connectivity index (χ2n) is 7.05. The van der Waals surface area contributed by atoms with E-state index in [1.165, 1.54) is 16.7 Å². The Morgan fingerprint density at radius 3 is 2.63 bits per heavy atom. The van der Waals surface area contributed by atoms with Crippen molar-refractivity contribution in [1.29, 1.82) is 0 Å². The van der Waals surface area contributed by atoms with E-state index in [0.29, 0.717) is 54.2 Å². The number of thioether (sulfide) groups is 1. The maximum absolute atomic E-state index is 13.0. The van der Waals surface area contributed by atoms with Gasteiger partial charge in [0.25, 0.3) is 5.56 Å². The summed E-state index contributed by atoms with van der Waals surface area (Å²) in [5.41, 5.74) is 5.72. The monoisotopic (exact) mass is 431 g/mol. The maximum Gasteiger partial charge on any atom is 0.324 e. The minimum absolute atomic E-state index is 0.0491. The summed E-state index contributed by atoms with van der Waals surface area (Å²) in [6.45, 7) is 0.890. The van der Waals surface area contributed by atoms with E-state index in [1.807, 2.05) is 18.2 Å². The number of hydrogen-bond donors (Lipinski definition) is 2. The lowest BCUT2D eigenvalue weighted by molar-refractivity contribution is -0.125. The average Bonchev–Trinajstić information content (AvgIpc) is 3.04. The van der Waals surface area contributed by atoms with Crippen molar-refractivity contribution in [3.63, 3.8) is 0 Å². The first kappa shape index (κ1) is 21.8. The Hall–Kier alpha value is -2.88. The lowest BCUT2D eigenvalue weighted by atomic mass is 10.2. The van der Waals surface area contributed by atoms with E-state index in [1.54, 1.807) is 10.6 Å². The van der Waals surface area contributed by atoms with Gasteiger partial charge in [0.1, 0.15) is 0 Å². The SMILES string of the molecule is NC(=O)CCCCCn1c(SCCCN2C(=O)CNC2=O)nc2ccccc2c1=O. The summed E-state index contributed by atoms with van der Waals surface area (Å²) in [5, 5.41) is 3.68. The van der Waals surface area contributed by atoms with Gasteiger partial charge in [0, 0.05) is 25.3 Å². The summed E-state index contributed by atoms with van der Waals surface area (Å²) in [7, 11) is 0. The smallest absolute Gasteiger partial charge is 0.324 e. The summed E-state index contributed by atoms with van der Waals surface area (Å²) in [4.78, 5) is 53.0. The molecule has 1 aromatic carbocycles. The van der Waals surface area contributed by atoms with Crippen LogP contribution in [0, 0.1) is 0 Å². The number of benzene rings is 1. The normalized spacial score (nSPS) is 13.8. The van der Waals surface area contributed by atoms with Gasteiger partial charge >= 0.3 is 6.03 Å². The Morgan fingerprint density at radius 2 is 1.90 bits per heavy atom. The highest BCUT2D eigenvalue weighted by atomic mass is 32.2. The molecule has 3 rings (SSSR count). The quantitative estimate of drug-likeness (QED) is 0.240. The first-order chi connectivity index (χ1) is 14.5. The van der Waals surface area contributed by atoms with Crippen LogP contribution in [0.5, 0.6) is 0 Å². The van der Waals surface area contributed by atoms with E-state index >= 15 is 0 Å². The van der Waals surface area contributed by atoms with Crippen LogP contribution >= 0.6 is 11.8 Å². The van der Waals surface area contributed by atoms with Crippen molar-refractivity contribution in [3.8, 4) is 0 Å². The summed E-state index contributed by atoms with van der Waals surface area (Å²) in [6, 6.07) is 6.87. The van der Waals surface area contributed by atoms with Crippen LogP contribution in [0.1, 0.15) is 32.1 Å². The van der Waals surface area contributed by atoms with E-state index in [9.17, 15) is 19.2 Å². The number of para-hydroxylation sites is 1. The van der Waals surface area contributed by atoms with E-state index in [2.05, 4.69) is 10.3 Å². The Labute approximate surface area is 178 Å². The standard InChI is InChI=1S/C20H25N5O4S/c21-16(26)9-2-1-5-10-25-18(28)14-7-3-4-8-15(14)23-20(25)30-12-6-11-24-17(27)13-22-19(24)29/h3-4,7-8H,1-2,5-6,9-13H2,(H2,21,26)(H,22,29). The molecule has 0 aliphatic carbocycles. The van der Waals surface area contributed by atoms with E-state index in [0.717, 1.165) is 12.8 Å². The molecule has 0 spiro atoms. The van der Waals surface area contributed by atoms with Gasteiger partial charge in [0.2, 0.25) is 11.8 Å². The molecule has 0 atom stereocenters. The third kappa shape index (κ3) is 5.38. The van der Waals surface area contributed by atoms with E-state index in [4.69, 9.17) is 5.73 Å². The van der Waals surface area contributed by atoms with Crippen LogP contribution in [0.15, 0.2) is 34.2 Å². The van der Waals surface area contributed by atoms with Crippen molar-refractivity contribution in [3.05, 3.63) is 34.6 Å². The molecular weight excluding hydrogens is 406 g/mol. The molecule has 0 bridgehead atoms. The molecular formula is C20H25N5O4S. The number of urea groups is 1. The first-order valence-corrected chi connectivity index (χ1v) is 10.9.